The molecule has 4 nitrogen and oxygen atoms in total. The fourth-order valence-corrected chi connectivity index (χ4v) is 2.17. The zero-order valence-electron chi connectivity index (χ0n) is 11.3. The first-order valence-electron chi connectivity index (χ1n) is 6.96. The second-order valence-corrected chi connectivity index (χ2v) is 5.02. The Hall–Kier alpha value is -0.770. The van der Waals surface area contributed by atoms with Crippen LogP contribution in [0.1, 0.15) is 39.5 Å². The molecule has 1 aliphatic heterocycles. The van der Waals surface area contributed by atoms with E-state index in [1.807, 2.05) is 6.92 Å². The maximum atomic E-state index is 11.1. The monoisotopic (exact) mass is 241 g/mol. The van der Waals surface area contributed by atoms with Gasteiger partial charge in [-0.25, -0.2) is 4.79 Å². The number of hydrogen-bond donors (Lipinski definition) is 2. The van der Waals surface area contributed by atoms with Crippen molar-refractivity contribution in [2.45, 2.75) is 39.5 Å². The van der Waals surface area contributed by atoms with Gasteiger partial charge in [-0.1, -0.05) is 6.92 Å². The maximum Gasteiger partial charge on any atom is 0.314 e. The predicted molar refractivity (Wildman–Crippen MR) is 71.1 cm³/mol. The van der Waals surface area contributed by atoms with Gasteiger partial charge in [-0.3, -0.25) is 0 Å². The van der Waals surface area contributed by atoms with Gasteiger partial charge in [0.2, 0.25) is 0 Å². The molecule has 2 amide bonds. The van der Waals surface area contributed by atoms with Gasteiger partial charge in [0.15, 0.2) is 0 Å². The van der Waals surface area contributed by atoms with E-state index < -0.39 is 0 Å². The van der Waals surface area contributed by atoms with E-state index in [0.29, 0.717) is 6.54 Å². The van der Waals surface area contributed by atoms with Crippen molar-refractivity contribution >= 4 is 6.03 Å². The van der Waals surface area contributed by atoms with Crippen LogP contribution in [0.15, 0.2) is 0 Å². The van der Waals surface area contributed by atoms with Crippen molar-refractivity contribution in [3.8, 4) is 0 Å². The van der Waals surface area contributed by atoms with Gasteiger partial charge in [-0.15, -0.1) is 0 Å². The van der Waals surface area contributed by atoms with E-state index in [-0.39, 0.29) is 6.03 Å². The third-order valence-corrected chi connectivity index (χ3v) is 3.40. The van der Waals surface area contributed by atoms with Crippen molar-refractivity contribution < 1.29 is 4.79 Å². The normalized spacial score (nSPS) is 18.0. The highest BCUT2D eigenvalue weighted by Gasteiger charge is 2.14. The van der Waals surface area contributed by atoms with E-state index in [4.69, 9.17) is 0 Å². The zero-order chi connectivity index (χ0) is 12.5. The molecule has 100 valence electrons. The third kappa shape index (κ3) is 6.51. The highest BCUT2D eigenvalue weighted by Crippen LogP contribution is 2.15. The largest absolute Gasteiger partial charge is 0.338 e. The molecule has 0 aromatic rings. The average Bonchev–Trinajstić information content (AvgIpc) is 2.31. The van der Waals surface area contributed by atoms with Crippen LogP contribution in [0.25, 0.3) is 0 Å². The third-order valence-electron chi connectivity index (χ3n) is 3.40. The van der Waals surface area contributed by atoms with E-state index in [9.17, 15) is 4.79 Å². The average molecular weight is 241 g/mol. The lowest BCUT2D eigenvalue weighted by molar-refractivity contribution is 0.189. The standard InChI is InChI=1S/C13H27N3O/c1-3-14-13(17)15-8-4-5-9-16-10-6-12(2)7-11-16/h12H,3-11H2,1-2H3,(H2,14,15,17). The number of hydrogen-bond acceptors (Lipinski definition) is 2. The number of nitrogens with one attached hydrogen (secondary N) is 2. The topological polar surface area (TPSA) is 44.4 Å². The Labute approximate surface area is 105 Å². The number of piperidine rings is 1. The van der Waals surface area contributed by atoms with Crippen LogP contribution in [-0.4, -0.2) is 43.7 Å². The van der Waals surface area contributed by atoms with Crippen molar-refractivity contribution in [1.82, 2.24) is 15.5 Å². The van der Waals surface area contributed by atoms with Crippen LogP contribution >= 0.6 is 0 Å². The second-order valence-electron chi connectivity index (χ2n) is 5.02. The molecule has 0 radical (unpaired) electrons. The number of carbonyl (C=O) groups is 1. The number of carbonyl (C=O) groups excluding carboxylic acids is 1. The quantitative estimate of drug-likeness (QED) is 0.697. The molecule has 0 bridgehead atoms. The summed E-state index contributed by atoms with van der Waals surface area (Å²) in [5.74, 6) is 0.908. The highest BCUT2D eigenvalue weighted by atomic mass is 16.2. The summed E-state index contributed by atoms with van der Waals surface area (Å²) in [4.78, 5) is 13.7. The Morgan fingerprint density at radius 1 is 1.24 bits per heavy atom. The molecule has 1 rings (SSSR count). The van der Waals surface area contributed by atoms with Gasteiger partial charge in [0, 0.05) is 13.1 Å². The first-order valence-corrected chi connectivity index (χ1v) is 6.96. The zero-order valence-corrected chi connectivity index (χ0v) is 11.3. The molecule has 0 atom stereocenters. The van der Waals surface area contributed by atoms with E-state index in [1.54, 1.807) is 0 Å². The highest BCUT2D eigenvalue weighted by molar-refractivity contribution is 5.73. The minimum atomic E-state index is -0.0423. The molecule has 1 saturated heterocycles. The molecular weight excluding hydrogens is 214 g/mol. The summed E-state index contributed by atoms with van der Waals surface area (Å²) in [5.41, 5.74) is 0. The molecule has 0 spiro atoms. The minimum Gasteiger partial charge on any atom is -0.338 e. The fourth-order valence-electron chi connectivity index (χ4n) is 2.17. The smallest absolute Gasteiger partial charge is 0.314 e. The molecule has 4 heteroatoms. The summed E-state index contributed by atoms with van der Waals surface area (Å²) in [7, 11) is 0. The Bertz CT molecular complexity index is 213. The molecule has 17 heavy (non-hydrogen) atoms. The van der Waals surface area contributed by atoms with Gasteiger partial charge < -0.3 is 15.5 Å². The summed E-state index contributed by atoms with van der Waals surface area (Å²) in [5, 5.41) is 5.59. The van der Waals surface area contributed by atoms with Crippen molar-refractivity contribution in [3.63, 3.8) is 0 Å². The van der Waals surface area contributed by atoms with Crippen LogP contribution in [0, 0.1) is 5.92 Å². The molecule has 0 saturated carbocycles. The molecular formula is C13H27N3O. The van der Waals surface area contributed by atoms with Gasteiger partial charge in [-0.2, -0.15) is 0 Å². The SMILES string of the molecule is CCNC(=O)NCCCCN1CCC(C)CC1. The molecule has 0 unspecified atom stereocenters. The van der Waals surface area contributed by atoms with Gasteiger partial charge in [0.1, 0.15) is 0 Å². The van der Waals surface area contributed by atoms with Gasteiger partial charge >= 0.3 is 6.03 Å². The lowest BCUT2D eigenvalue weighted by Crippen LogP contribution is -2.36. The molecule has 0 aromatic carbocycles. The van der Waals surface area contributed by atoms with Crippen molar-refractivity contribution in [2.24, 2.45) is 5.92 Å². The van der Waals surface area contributed by atoms with Crippen LogP contribution in [0.5, 0.6) is 0 Å². The summed E-state index contributed by atoms with van der Waals surface area (Å²) in [6.07, 6.45) is 4.94. The molecule has 2 N–H and O–H groups in total. The number of urea groups is 1. The van der Waals surface area contributed by atoms with Crippen LogP contribution in [-0.2, 0) is 0 Å². The summed E-state index contributed by atoms with van der Waals surface area (Å²) >= 11 is 0. The second kappa shape index (κ2) is 8.34. The lowest BCUT2D eigenvalue weighted by Gasteiger charge is -2.30. The Morgan fingerprint density at radius 3 is 2.59 bits per heavy atom. The first kappa shape index (κ1) is 14.3. The number of likely N-dealkylation sites (tertiary alicyclic amines) is 1. The summed E-state index contributed by atoms with van der Waals surface area (Å²) < 4.78 is 0. The van der Waals surface area contributed by atoms with Crippen LogP contribution in [0.4, 0.5) is 4.79 Å². The van der Waals surface area contributed by atoms with Crippen LogP contribution in [0.2, 0.25) is 0 Å². The molecule has 0 aliphatic carbocycles. The van der Waals surface area contributed by atoms with E-state index in [1.165, 1.54) is 38.9 Å². The number of amides is 2. The number of nitrogens with zero attached hydrogens (tertiary/aromatic N) is 1. The molecule has 1 aliphatic rings. The van der Waals surface area contributed by atoms with Crippen LogP contribution < -0.4 is 10.6 Å². The van der Waals surface area contributed by atoms with E-state index >= 15 is 0 Å². The van der Waals surface area contributed by atoms with Gasteiger partial charge in [0.05, 0.1) is 0 Å². The number of rotatable bonds is 6. The lowest BCUT2D eigenvalue weighted by atomic mass is 9.99. The van der Waals surface area contributed by atoms with Crippen molar-refractivity contribution in [1.29, 1.82) is 0 Å². The first-order chi connectivity index (χ1) is 8.22. The van der Waals surface area contributed by atoms with E-state index in [0.717, 1.165) is 18.9 Å². The van der Waals surface area contributed by atoms with Crippen molar-refractivity contribution in [3.05, 3.63) is 0 Å². The summed E-state index contributed by atoms with van der Waals surface area (Å²) in [6.45, 7) is 9.44. The fraction of sp³-hybridized carbons (Fsp3) is 0.923. The van der Waals surface area contributed by atoms with Crippen molar-refractivity contribution in [2.75, 3.05) is 32.7 Å². The van der Waals surface area contributed by atoms with E-state index in [2.05, 4.69) is 22.5 Å². The van der Waals surface area contributed by atoms with Crippen LogP contribution in [0.3, 0.4) is 0 Å². The Balaban J connectivity index is 1.92. The minimum absolute atomic E-state index is 0.0423. The summed E-state index contributed by atoms with van der Waals surface area (Å²) in [6, 6.07) is -0.0423. The Kier molecular flexibility index (Phi) is 7.01. The predicted octanol–water partition coefficient (Wildman–Crippen LogP) is 1.82. The molecule has 1 fully saturated rings. The van der Waals surface area contributed by atoms with Gasteiger partial charge in [-0.05, 0) is 58.2 Å². The van der Waals surface area contributed by atoms with Gasteiger partial charge in [0.25, 0.3) is 0 Å². The molecule has 1 heterocycles. The Morgan fingerprint density at radius 2 is 1.94 bits per heavy atom. The maximum absolute atomic E-state index is 11.1. The molecule has 0 aromatic heterocycles. The number of unbranched alkanes of at least 4 members (excludes halogenated alkanes) is 1.